The van der Waals surface area contributed by atoms with Gasteiger partial charge in [-0.3, -0.25) is 4.79 Å². The van der Waals surface area contributed by atoms with Crippen LogP contribution in [0.3, 0.4) is 0 Å². The Bertz CT molecular complexity index is 1060. The molecule has 1 amide bonds. The minimum absolute atomic E-state index is 0.123. The Hall–Kier alpha value is -2.21. The van der Waals surface area contributed by atoms with E-state index in [0.717, 1.165) is 28.4 Å². The standard InChI is InChI=1S/C23H23Cl2N3OS/c1-15-11-19(16(2)28(15)22-10-9-20(24)12-21(22)25)13-26-27-23(29)17(3)30-14-18-7-5-4-6-8-18/h4-13,17H,14H2,1-3H3,(H,27,29)/b26-13+. The van der Waals surface area contributed by atoms with E-state index in [4.69, 9.17) is 23.2 Å². The van der Waals surface area contributed by atoms with Gasteiger partial charge in [-0.05, 0) is 50.6 Å². The van der Waals surface area contributed by atoms with Gasteiger partial charge in [0.1, 0.15) is 0 Å². The van der Waals surface area contributed by atoms with Crippen LogP contribution in [0.25, 0.3) is 5.69 Å². The number of carbonyl (C=O) groups excluding carboxylic acids is 1. The van der Waals surface area contributed by atoms with E-state index < -0.39 is 0 Å². The van der Waals surface area contributed by atoms with E-state index in [1.807, 2.05) is 61.7 Å². The van der Waals surface area contributed by atoms with Crippen LogP contribution in [0.15, 0.2) is 59.7 Å². The molecule has 30 heavy (non-hydrogen) atoms. The third kappa shape index (κ3) is 5.48. The van der Waals surface area contributed by atoms with Gasteiger partial charge in [-0.25, -0.2) is 5.43 Å². The zero-order chi connectivity index (χ0) is 21.7. The molecule has 1 heterocycles. The summed E-state index contributed by atoms with van der Waals surface area (Å²) in [6.45, 7) is 5.86. The zero-order valence-corrected chi connectivity index (χ0v) is 19.4. The molecule has 0 radical (unpaired) electrons. The van der Waals surface area contributed by atoms with Crippen molar-refractivity contribution in [2.24, 2.45) is 5.10 Å². The average molecular weight is 460 g/mol. The van der Waals surface area contributed by atoms with Crippen LogP contribution in [-0.2, 0) is 10.5 Å². The van der Waals surface area contributed by atoms with Gasteiger partial charge in [-0.2, -0.15) is 5.10 Å². The average Bonchev–Trinajstić information content (AvgIpc) is 3.00. The van der Waals surface area contributed by atoms with Crippen LogP contribution in [0.1, 0.15) is 29.4 Å². The maximum Gasteiger partial charge on any atom is 0.252 e. The van der Waals surface area contributed by atoms with Crippen molar-refractivity contribution in [3.05, 3.63) is 87.2 Å². The summed E-state index contributed by atoms with van der Waals surface area (Å²) in [6, 6.07) is 17.5. The lowest BCUT2D eigenvalue weighted by atomic mass is 10.2. The number of nitrogens with one attached hydrogen (secondary N) is 1. The first-order valence-electron chi connectivity index (χ1n) is 9.49. The van der Waals surface area contributed by atoms with Gasteiger partial charge in [0.25, 0.3) is 5.91 Å². The number of amides is 1. The molecule has 1 aromatic heterocycles. The number of thioether (sulfide) groups is 1. The number of benzene rings is 2. The summed E-state index contributed by atoms with van der Waals surface area (Å²) >= 11 is 14.0. The summed E-state index contributed by atoms with van der Waals surface area (Å²) in [5.41, 5.74) is 7.57. The number of aromatic nitrogens is 1. The summed E-state index contributed by atoms with van der Waals surface area (Å²) in [5.74, 6) is 0.657. The molecule has 0 saturated heterocycles. The number of hydrogen-bond acceptors (Lipinski definition) is 3. The van der Waals surface area contributed by atoms with Gasteiger partial charge in [0, 0.05) is 27.7 Å². The smallest absolute Gasteiger partial charge is 0.252 e. The van der Waals surface area contributed by atoms with E-state index in [1.165, 1.54) is 5.56 Å². The third-order valence-corrected chi connectivity index (χ3v) is 6.46. The van der Waals surface area contributed by atoms with Crippen molar-refractivity contribution in [3.63, 3.8) is 0 Å². The van der Waals surface area contributed by atoms with E-state index >= 15 is 0 Å². The minimum atomic E-state index is -0.206. The van der Waals surface area contributed by atoms with Gasteiger partial charge in [-0.15, -0.1) is 11.8 Å². The SMILES string of the molecule is Cc1cc(/C=N/NC(=O)C(C)SCc2ccccc2)c(C)n1-c1ccc(Cl)cc1Cl. The summed E-state index contributed by atoms with van der Waals surface area (Å²) in [6.07, 6.45) is 1.66. The van der Waals surface area contributed by atoms with Gasteiger partial charge in [0.15, 0.2) is 0 Å². The number of rotatable bonds is 7. The van der Waals surface area contributed by atoms with Crippen LogP contribution >= 0.6 is 35.0 Å². The van der Waals surface area contributed by atoms with Crippen molar-refractivity contribution in [2.45, 2.75) is 31.8 Å². The Morgan fingerprint density at radius 2 is 1.90 bits per heavy atom. The fourth-order valence-electron chi connectivity index (χ4n) is 3.08. The summed E-state index contributed by atoms with van der Waals surface area (Å²) < 4.78 is 2.04. The zero-order valence-electron chi connectivity index (χ0n) is 17.0. The maximum absolute atomic E-state index is 12.3. The molecule has 3 rings (SSSR count). The van der Waals surface area contributed by atoms with Crippen molar-refractivity contribution in [1.29, 1.82) is 0 Å². The second-order valence-corrected chi connectivity index (χ2v) is 9.10. The maximum atomic E-state index is 12.3. The van der Waals surface area contributed by atoms with Crippen LogP contribution in [0.2, 0.25) is 10.0 Å². The van der Waals surface area contributed by atoms with Crippen molar-refractivity contribution >= 4 is 47.1 Å². The van der Waals surface area contributed by atoms with Gasteiger partial charge in [-0.1, -0.05) is 53.5 Å². The lowest BCUT2D eigenvalue weighted by Gasteiger charge is -2.12. The highest BCUT2D eigenvalue weighted by molar-refractivity contribution is 7.99. The Morgan fingerprint density at radius 3 is 2.60 bits per heavy atom. The quantitative estimate of drug-likeness (QED) is 0.338. The van der Waals surface area contributed by atoms with Gasteiger partial charge in [0.05, 0.1) is 22.2 Å². The number of hydrazone groups is 1. The number of carbonyl (C=O) groups is 1. The molecule has 4 nitrogen and oxygen atoms in total. The highest BCUT2D eigenvalue weighted by Gasteiger charge is 2.14. The lowest BCUT2D eigenvalue weighted by molar-refractivity contribution is -0.120. The molecule has 156 valence electrons. The van der Waals surface area contributed by atoms with Crippen LogP contribution < -0.4 is 5.43 Å². The van der Waals surface area contributed by atoms with Crippen LogP contribution in [-0.4, -0.2) is 21.9 Å². The number of aryl methyl sites for hydroxylation is 1. The highest BCUT2D eigenvalue weighted by Crippen LogP contribution is 2.28. The molecule has 3 aromatic rings. The summed E-state index contributed by atoms with van der Waals surface area (Å²) in [7, 11) is 0. The van der Waals surface area contributed by atoms with E-state index in [0.29, 0.717) is 10.0 Å². The predicted molar refractivity (Wildman–Crippen MR) is 128 cm³/mol. The summed E-state index contributed by atoms with van der Waals surface area (Å²) in [4.78, 5) is 12.3. The molecule has 0 fully saturated rings. The molecular weight excluding hydrogens is 437 g/mol. The number of hydrogen-bond donors (Lipinski definition) is 1. The molecule has 1 unspecified atom stereocenters. The first-order chi connectivity index (χ1) is 14.4. The molecule has 2 aromatic carbocycles. The van der Waals surface area contributed by atoms with E-state index in [9.17, 15) is 4.79 Å². The Labute approximate surface area is 191 Å². The second-order valence-electron chi connectivity index (χ2n) is 6.93. The molecule has 0 saturated carbocycles. The molecule has 7 heteroatoms. The molecule has 0 spiro atoms. The predicted octanol–water partition coefficient (Wildman–Crippen LogP) is 6.17. The van der Waals surface area contributed by atoms with Crippen LogP contribution in [0.4, 0.5) is 0 Å². The Morgan fingerprint density at radius 1 is 1.17 bits per heavy atom. The van der Waals surface area contributed by atoms with E-state index in [-0.39, 0.29) is 11.2 Å². The first-order valence-corrected chi connectivity index (χ1v) is 11.3. The largest absolute Gasteiger partial charge is 0.316 e. The molecule has 1 atom stereocenters. The molecule has 0 aliphatic rings. The van der Waals surface area contributed by atoms with E-state index in [1.54, 1.807) is 24.0 Å². The lowest BCUT2D eigenvalue weighted by Crippen LogP contribution is -2.27. The molecule has 0 aliphatic carbocycles. The molecule has 0 aliphatic heterocycles. The molecule has 1 N–H and O–H groups in total. The van der Waals surface area contributed by atoms with Gasteiger partial charge in [0.2, 0.25) is 0 Å². The van der Waals surface area contributed by atoms with E-state index in [2.05, 4.69) is 22.7 Å². The van der Waals surface area contributed by atoms with Crippen molar-refractivity contribution < 1.29 is 4.79 Å². The minimum Gasteiger partial charge on any atom is -0.316 e. The van der Waals surface area contributed by atoms with Crippen molar-refractivity contribution in [3.8, 4) is 5.69 Å². The van der Waals surface area contributed by atoms with Crippen molar-refractivity contribution in [2.75, 3.05) is 0 Å². The van der Waals surface area contributed by atoms with Crippen molar-refractivity contribution in [1.82, 2.24) is 9.99 Å². The fourth-order valence-corrected chi connectivity index (χ4v) is 4.41. The van der Waals surface area contributed by atoms with Crippen LogP contribution in [0, 0.1) is 13.8 Å². The molecule has 0 bridgehead atoms. The fraction of sp³-hybridized carbons (Fsp3) is 0.217. The topological polar surface area (TPSA) is 46.4 Å². The number of nitrogens with zero attached hydrogens (tertiary/aromatic N) is 2. The third-order valence-electron chi connectivity index (χ3n) is 4.71. The van der Waals surface area contributed by atoms with Gasteiger partial charge < -0.3 is 4.57 Å². The molecular formula is C23H23Cl2N3OS. The number of halogens is 2. The highest BCUT2D eigenvalue weighted by atomic mass is 35.5. The summed E-state index contributed by atoms with van der Waals surface area (Å²) in [5, 5.41) is 5.12. The monoisotopic (exact) mass is 459 g/mol. The van der Waals surface area contributed by atoms with Gasteiger partial charge >= 0.3 is 0 Å². The Kier molecular flexibility index (Phi) is 7.64. The first kappa shape index (κ1) is 22.5. The normalized spacial score (nSPS) is 12.3. The van der Waals surface area contributed by atoms with Crippen LogP contribution in [0.5, 0.6) is 0 Å². The second kappa shape index (κ2) is 10.2. The Balaban J connectivity index is 1.64.